The van der Waals surface area contributed by atoms with Crippen molar-refractivity contribution in [2.75, 3.05) is 38.3 Å². The Morgan fingerprint density at radius 1 is 1.18 bits per heavy atom. The highest BCUT2D eigenvalue weighted by Gasteiger charge is 2.31. The molecule has 178 valence electrons. The molecule has 1 fully saturated rings. The van der Waals surface area contributed by atoms with Crippen LogP contribution >= 0.6 is 0 Å². The van der Waals surface area contributed by atoms with Gasteiger partial charge in [-0.15, -0.1) is 0 Å². The number of rotatable bonds is 3. The molecular weight excluding hydrogens is 414 g/mol. The van der Waals surface area contributed by atoms with Gasteiger partial charge in [0.1, 0.15) is 5.75 Å². The summed E-state index contributed by atoms with van der Waals surface area (Å²) in [5.74, 6) is 2.77. The molecule has 2 aromatic heterocycles. The number of benzene rings is 1. The van der Waals surface area contributed by atoms with Gasteiger partial charge in [-0.25, -0.2) is 9.97 Å². The van der Waals surface area contributed by atoms with Crippen LogP contribution in [0.5, 0.6) is 11.6 Å². The average Bonchev–Trinajstić information content (AvgIpc) is 3.17. The van der Waals surface area contributed by atoms with Crippen molar-refractivity contribution in [3.8, 4) is 11.6 Å². The Hall–Kier alpha value is -2.80. The zero-order valence-corrected chi connectivity index (χ0v) is 20.9. The highest BCUT2D eigenvalue weighted by molar-refractivity contribution is 5.83. The molecule has 0 saturated carbocycles. The molecule has 1 aromatic carbocycles. The first-order valence-electron chi connectivity index (χ1n) is 12.2. The molecule has 1 atom stereocenters. The smallest absolute Gasteiger partial charge is 0.216 e. The Kier molecular flexibility index (Phi) is 7.08. The second-order valence-corrected chi connectivity index (χ2v) is 8.63. The second kappa shape index (κ2) is 10.00. The standard InChI is InChI=1S/C24H31N5O2.C2H6/c1-5-17-10-18-12-22-19(11-21(18)26-23(17)30-4)14-28-7-8-29(15-20(28)6-9-31-22)24-25-13-16(2)27(24)3;1-2/h10-13,20H,5-9,14-15H2,1-4H3;1-2H3/t20-;/m1./s1. The molecule has 33 heavy (non-hydrogen) atoms. The van der Waals surface area contributed by atoms with Gasteiger partial charge in [-0.1, -0.05) is 20.8 Å². The lowest BCUT2D eigenvalue weighted by Crippen LogP contribution is -2.54. The quantitative estimate of drug-likeness (QED) is 0.590. The molecule has 0 radical (unpaired) electrons. The predicted molar refractivity (Wildman–Crippen MR) is 133 cm³/mol. The van der Waals surface area contributed by atoms with Crippen LogP contribution in [0.1, 0.15) is 44.0 Å². The van der Waals surface area contributed by atoms with Crippen molar-refractivity contribution in [1.82, 2.24) is 19.4 Å². The minimum Gasteiger partial charge on any atom is -0.493 e. The van der Waals surface area contributed by atoms with Crippen molar-refractivity contribution >= 4 is 16.9 Å². The minimum absolute atomic E-state index is 0.444. The maximum absolute atomic E-state index is 6.26. The molecule has 1 saturated heterocycles. The number of ether oxygens (including phenoxy) is 2. The Morgan fingerprint density at radius 3 is 2.70 bits per heavy atom. The van der Waals surface area contributed by atoms with Crippen LogP contribution in [0.3, 0.4) is 0 Å². The highest BCUT2D eigenvalue weighted by atomic mass is 16.5. The van der Waals surface area contributed by atoms with Crippen LogP contribution in [0.25, 0.3) is 10.9 Å². The Morgan fingerprint density at radius 2 is 2.00 bits per heavy atom. The summed E-state index contributed by atoms with van der Waals surface area (Å²) >= 11 is 0. The lowest BCUT2D eigenvalue weighted by molar-refractivity contribution is 0.126. The third-order valence-corrected chi connectivity index (χ3v) is 6.78. The van der Waals surface area contributed by atoms with Crippen LogP contribution in [0.4, 0.5) is 5.95 Å². The van der Waals surface area contributed by atoms with Crippen molar-refractivity contribution in [2.45, 2.75) is 53.1 Å². The van der Waals surface area contributed by atoms with Crippen LogP contribution in [0.2, 0.25) is 0 Å². The zero-order chi connectivity index (χ0) is 23.5. The summed E-state index contributed by atoms with van der Waals surface area (Å²) in [7, 11) is 3.79. The lowest BCUT2D eigenvalue weighted by Gasteiger charge is -2.43. The number of piperazine rings is 1. The molecule has 2 aliphatic heterocycles. The van der Waals surface area contributed by atoms with Crippen LogP contribution in [0.15, 0.2) is 24.4 Å². The van der Waals surface area contributed by atoms with E-state index in [1.54, 1.807) is 7.11 Å². The van der Waals surface area contributed by atoms with Gasteiger partial charge in [-0.05, 0) is 38.0 Å². The molecule has 0 unspecified atom stereocenters. The number of nitrogens with zero attached hydrogens (tertiary/aromatic N) is 5. The van der Waals surface area contributed by atoms with Gasteiger partial charge >= 0.3 is 0 Å². The van der Waals surface area contributed by atoms with Gasteiger partial charge < -0.3 is 18.9 Å². The van der Waals surface area contributed by atoms with E-state index >= 15 is 0 Å². The fourth-order valence-electron chi connectivity index (χ4n) is 4.81. The van der Waals surface area contributed by atoms with Gasteiger partial charge in [0.25, 0.3) is 0 Å². The van der Waals surface area contributed by atoms with E-state index < -0.39 is 0 Å². The number of methoxy groups -OCH3 is 1. The topological polar surface area (TPSA) is 55.7 Å². The van der Waals surface area contributed by atoms with Crippen molar-refractivity contribution < 1.29 is 9.47 Å². The first-order chi connectivity index (χ1) is 16.1. The summed E-state index contributed by atoms with van der Waals surface area (Å²) in [6.45, 7) is 12.8. The van der Waals surface area contributed by atoms with Crippen LogP contribution in [-0.2, 0) is 20.0 Å². The third kappa shape index (κ3) is 4.51. The predicted octanol–water partition coefficient (Wildman–Crippen LogP) is 4.35. The number of hydrogen-bond donors (Lipinski definition) is 0. The highest BCUT2D eigenvalue weighted by Crippen LogP contribution is 2.33. The van der Waals surface area contributed by atoms with Gasteiger partial charge in [0.2, 0.25) is 11.8 Å². The fourth-order valence-corrected chi connectivity index (χ4v) is 4.81. The summed E-state index contributed by atoms with van der Waals surface area (Å²) in [4.78, 5) is 14.4. The van der Waals surface area contributed by atoms with Crippen molar-refractivity contribution in [3.63, 3.8) is 0 Å². The summed E-state index contributed by atoms with van der Waals surface area (Å²) in [5, 5.41) is 1.11. The van der Waals surface area contributed by atoms with E-state index in [-0.39, 0.29) is 0 Å². The van der Waals surface area contributed by atoms with Crippen molar-refractivity contribution in [1.29, 1.82) is 0 Å². The fraction of sp³-hybridized carbons (Fsp3) is 0.538. The molecule has 3 aromatic rings. The Bertz CT molecular complexity index is 1110. The molecule has 0 bridgehead atoms. The third-order valence-electron chi connectivity index (χ3n) is 6.78. The molecule has 4 heterocycles. The van der Waals surface area contributed by atoms with Crippen LogP contribution in [0, 0.1) is 6.92 Å². The number of anilines is 1. The van der Waals surface area contributed by atoms with E-state index in [1.165, 1.54) is 11.3 Å². The van der Waals surface area contributed by atoms with Gasteiger partial charge in [0.05, 0.1) is 25.4 Å². The zero-order valence-electron chi connectivity index (χ0n) is 20.9. The molecule has 5 rings (SSSR count). The largest absolute Gasteiger partial charge is 0.493 e. The van der Waals surface area contributed by atoms with E-state index in [1.807, 2.05) is 20.0 Å². The lowest BCUT2D eigenvalue weighted by atomic mass is 10.0. The van der Waals surface area contributed by atoms with Crippen molar-refractivity contribution in [3.05, 3.63) is 41.2 Å². The maximum Gasteiger partial charge on any atom is 0.216 e. The van der Waals surface area contributed by atoms with Gasteiger partial charge in [0, 0.05) is 61.5 Å². The maximum atomic E-state index is 6.26. The number of aryl methyl sites for hydroxylation is 2. The van der Waals surface area contributed by atoms with E-state index in [0.717, 1.165) is 79.7 Å². The molecular formula is C26H37N5O2. The monoisotopic (exact) mass is 451 g/mol. The summed E-state index contributed by atoms with van der Waals surface area (Å²) in [6, 6.07) is 6.96. The number of hydrogen-bond acceptors (Lipinski definition) is 6. The minimum atomic E-state index is 0.444. The molecule has 0 aliphatic carbocycles. The van der Waals surface area contributed by atoms with Gasteiger partial charge in [0.15, 0.2) is 0 Å². The molecule has 7 nitrogen and oxygen atoms in total. The number of pyridine rings is 1. The number of aromatic nitrogens is 3. The number of imidazole rings is 1. The van der Waals surface area contributed by atoms with E-state index in [4.69, 9.17) is 14.5 Å². The first kappa shape index (κ1) is 23.4. The molecule has 0 N–H and O–H groups in total. The van der Waals surface area contributed by atoms with E-state index in [0.29, 0.717) is 6.04 Å². The Balaban J connectivity index is 0.00000126. The average molecular weight is 452 g/mol. The molecule has 0 spiro atoms. The van der Waals surface area contributed by atoms with E-state index in [9.17, 15) is 0 Å². The second-order valence-electron chi connectivity index (χ2n) is 8.63. The number of fused-ring (bicyclic) bond motifs is 3. The molecule has 7 heteroatoms. The van der Waals surface area contributed by atoms with Crippen LogP contribution in [-0.4, -0.2) is 58.8 Å². The first-order valence-corrected chi connectivity index (χ1v) is 12.2. The Labute approximate surface area is 197 Å². The van der Waals surface area contributed by atoms with E-state index in [2.05, 4.69) is 58.4 Å². The van der Waals surface area contributed by atoms with Gasteiger partial charge in [-0.3, -0.25) is 4.90 Å². The summed E-state index contributed by atoms with van der Waals surface area (Å²) in [6.07, 6.45) is 3.86. The molecule has 0 amide bonds. The van der Waals surface area contributed by atoms with Crippen molar-refractivity contribution in [2.24, 2.45) is 7.05 Å². The van der Waals surface area contributed by atoms with Gasteiger partial charge in [-0.2, -0.15) is 0 Å². The normalized spacial score (nSPS) is 18.4. The SMILES string of the molecule is CC.CCc1cc2cc3c(cc2nc1OC)CN1CCN(c2ncc(C)n2C)C[C@H]1CCO3. The molecule has 2 aliphatic rings. The summed E-state index contributed by atoms with van der Waals surface area (Å²) in [5.41, 5.74) is 4.49. The van der Waals surface area contributed by atoms with Crippen LogP contribution < -0.4 is 14.4 Å². The summed E-state index contributed by atoms with van der Waals surface area (Å²) < 4.78 is 14.0.